The SMILES string of the molecule is CC(CCCCC(F)(F)F)S(=O)O. The van der Waals surface area contributed by atoms with Gasteiger partial charge >= 0.3 is 6.18 Å². The quantitative estimate of drug-likeness (QED) is 0.569. The van der Waals surface area contributed by atoms with Gasteiger partial charge in [-0.1, -0.05) is 6.42 Å². The third kappa shape index (κ3) is 8.24. The highest BCUT2D eigenvalue weighted by atomic mass is 32.2. The molecule has 0 saturated heterocycles. The maximum Gasteiger partial charge on any atom is 0.389 e. The smallest absolute Gasteiger partial charge is 0.306 e. The van der Waals surface area contributed by atoms with Crippen LogP contribution in [0.3, 0.4) is 0 Å². The fourth-order valence-electron chi connectivity index (χ4n) is 0.858. The van der Waals surface area contributed by atoms with Gasteiger partial charge in [-0.2, -0.15) is 13.2 Å². The summed E-state index contributed by atoms with van der Waals surface area (Å²) < 4.78 is 53.8. The second kappa shape index (κ2) is 5.59. The van der Waals surface area contributed by atoms with E-state index in [4.69, 9.17) is 4.55 Å². The monoisotopic (exact) mass is 218 g/mol. The summed E-state index contributed by atoms with van der Waals surface area (Å²) in [6.07, 6.45) is -4.18. The number of unbranched alkanes of at least 4 members (excludes halogenated alkanes) is 1. The Bertz CT molecular complexity index is 170. The van der Waals surface area contributed by atoms with Gasteiger partial charge in [-0.25, -0.2) is 4.21 Å². The van der Waals surface area contributed by atoms with E-state index in [0.29, 0.717) is 12.8 Å². The summed E-state index contributed by atoms with van der Waals surface area (Å²) in [5, 5.41) is -0.437. The molecule has 0 aliphatic rings. The van der Waals surface area contributed by atoms with Crippen molar-refractivity contribution in [1.82, 2.24) is 0 Å². The first kappa shape index (κ1) is 12.9. The molecule has 0 aromatic heterocycles. The Morgan fingerprint density at radius 3 is 2.31 bits per heavy atom. The Morgan fingerprint density at radius 1 is 1.38 bits per heavy atom. The first-order valence-corrected chi connectivity index (χ1v) is 5.16. The van der Waals surface area contributed by atoms with Crippen molar-refractivity contribution in [2.24, 2.45) is 0 Å². The van der Waals surface area contributed by atoms with Crippen molar-refractivity contribution in [3.05, 3.63) is 0 Å². The zero-order chi connectivity index (χ0) is 10.5. The van der Waals surface area contributed by atoms with Crippen LogP contribution < -0.4 is 0 Å². The van der Waals surface area contributed by atoms with E-state index in [9.17, 15) is 17.4 Å². The van der Waals surface area contributed by atoms with Gasteiger partial charge in [0, 0.05) is 6.42 Å². The average Bonchev–Trinajstić information content (AvgIpc) is 1.95. The van der Waals surface area contributed by atoms with Crippen molar-refractivity contribution in [3.63, 3.8) is 0 Å². The van der Waals surface area contributed by atoms with Crippen molar-refractivity contribution < 1.29 is 21.9 Å². The molecule has 0 fully saturated rings. The second-order valence-electron chi connectivity index (χ2n) is 2.95. The van der Waals surface area contributed by atoms with Crippen LogP contribution in [0.5, 0.6) is 0 Å². The number of hydrogen-bond donors (Lipinski definition) is 1. The summed E-state index contributed by atoms with van der Waals surface area (Å²) in [6, 6.07) is 0. The normalized spacial score (nSPS) is 17.0. The van der Waals surface area contributed by atoms with Gasteiger partial charge in [0.05, 0.1) is 5.25 Å². The van der Waals surface area contributed by atoms with E-state index in [1.54, 1.807) is 6.92 Å². The van der Waals surface area contributed by atoms with Crippen LogP contribution in [0.25, 0.3) is 0 Å². The minimum Gasteiger partial charge on any atom is -0.306 e. The summed E-state index contributed by atoms with van der Waals surface area (Å²) in [6.45, 7) is 1.55. The minimum atomic E-state index is -4.11. The summed E-state index contributed by atoms with van der Waals surface area (Å²) in [5.41, 5.74) is 0. The van der Waals surface area contributed by atoms with E-state index in [1.165, 1.54) is 0 Å². The molecular weight excluding hydrogens is 205 g/mol. The molecule has 13 heavy (non-hydrogen) atoms. The van der Waals surface area contributed by atoms with Gasteiger partial charge in [-0.3, -0.25) is 0 Å². The molecule has 0 radical (unpaired) electrons. The molecule has 0 aromatic rings. The van der Waals surface area contributed by atoms with E-state index in [-0.39, 0.29) is 6.42 Å². The highest BCUT2D eigenvalue weighted by Crippen LogP contribution is 2.23. The van der Waals surface area contributed by atoms with Gasteiger partial charge in [0.2, 0.25) is 0 Å². The Hall–Kier alpha value is -0.100. The fraction of sp³-hybridized carbons (Fsp3) is 1.00. The molecule has 0 rings (SSSR count). The molecule has 0 bridgehead atoms. The molecule has 0 amide bonds. The third-order valence-corrected chi connectivity index (χ3v) is 2.59. The van der Waals surface area contributed by atoms with E-state index in [1.807, 2.05) is 0 Å². The molecule has 2 atom stereocenters. The molecule has 80 valence electrons. The molecule has 0 aliphatic heterocycles. The molecule has 0 heterocycles. The fourth-order valence-corrected chi connectivity index (χ4v) is 1.23. The Kier molecular flexibility index (Phi) is 5.55. The number of halogens is 3. The summed E-state index contributed by atoms with van der Waals surface area (Å²) in [4.78, 5) is 0. The first-order chi connectivity index (χ1) is 5.83. The van der Waals surface area contributed by atoms with Crippen LogP contribution in [0, 0.1) is 0 Å². The topological polar surface area (TPSA) is 37.3 Å². The van der Waals surface area contributed by atoms with Crippen molar-refractivity contribution in [3.8, 4) is 0 Å². The van der Waals surface area contributed by atoms with E-state index < -0.39 is 28.9 Å². The Balaban J connectivity index is 3.41. The van der Waals surface area contributed by atoms with E-state index in [0.717, 1.165) is 0 Å². The lowest BCUT2D eigenvalue weighted by atomic mass is 10.1. The maximum atomic E-state index is 11.6. The zero-order valence-electron chi connectivity index (χ0n) is 7.30. The average molecular weight is 218 g/mol. The molecule has 6 heteroatoms. The number of alkyl halides is 3. The lowest BCUT2D eigenvalue weighted by Crippen LogP contribution is -2.11. The Labute approximate surface area is 77.8 Å². The summed E-state index contributed by atoms with van der Waals surface area (Å²) in [5.74, 6) is 0. The van der Waals surface area contributed by atoms with Crippen molar-refractivity contribution in [2.45, 2.75) is 44.0 Å². The number of hydrogen-bond acceptors (Lipinski definition) is 1. The van der Waals surface area contributed by atoms with Gasteiger partial charge in [0.1, 0.15) is 0 Å². The van der Waals surface area contributed by atoms with Gasteiger partial charge < -0.3 is 4.55 Å². The maximum absolute atomic E-state index is 11.6. The predicted molar refractivity (Wildman–Crippen MR) is 44.8 cm³/mol. The van der Waals surface area contributed by atoms with Gasteiger partial charge in [-0.05, 0) is 19.8 Å². The Morgan fingerprint density at radius 2 is 1.92 bits per heavy atom. The van der Waals surface area contributed by atoms with Crippen LogP contribution in [0.1, 0.15) is 32.6 Å². The standard InChI is InChI=1S/C7H13F3O2S/c1-6(13(11)12)4-2-3-5-7(8,9)10/h6H,2-5H2,1H3,(H,11,12). The molecule has 2 nitrogen and oxygen atoms in total. The highest BCUT2D eigenvalue weighted by molar-refractivity contribution is 7.79. The number of rotatable bonds is 5. The van der Waals surface area contributed by atoms with Crippen LogP contribution in [-0.2, 0) is 11.1 Å². The minimum absolute atomic E-state index is 0.0328. The van der Waals surface area contributed by atoms with E-state index in [2.05, 4.69) is 0 Å². The lowest BCUT2D eigenvalue weighted by Gasteiger charge is -2.07. The summed E-state index contributed by atoms with van der Waals surface area (Å²) in [7, 11) is 0. The largest absolute Gasteiger partial charge is 0.389 e. The van der Waals surface area contributed by atoms with Crippen molar-refractivity contribution in [2.75, 3.05) is 0 Å². The van der Waals surface area contributed by atoms with Gasteiger partial charge in [0.25, 0.3) is 0 Å². The van der Waals surface area contributed by atoms with Crippen LogP contribution in [-0.4, -0.2) is 20.2 Å². The van der Waals surface area contributed by atoms with Crippen LogP contribution >= 0.6 is 0 Å². The second-order valence-corrected chi connectivity index (χ2v) is 4.30. The zero-order valence-corrected chi connectivity index (χ0v) is 8.12. The van der Waals surface area contributed by atoms with E-state index >= 15 is 0 Å². The molecule has 0 saturated carbocycles. The molecule has 0 spiro atoms. The van der Waals surface area contributed by atoms with Crippen molar-refractivity contribution in [1.29, 1.82) is 0 Å². The predicted octanol–water partition coefficient (Wildman–Crippen LogP) is 2.72. The highest BCUT2D eigenvalue weighted by Gasteiger charge is 2.26. The van der Waals surface area contributed by atoms with Gasteiger partial charge in [-0.15, -0.1) is 0 Å². The van der Waals surface area contributed by atoms with Crippen LogP contribution in [0.2, 0.25) is 0 Å². The van der Waals surface area contributed by atoms with Crippen molar-refractivity contribution >= 4 is 11.1 Å². The lowest BCUT2D eigenvalue weighted by molar-refractivity contribution is -0.135. The molecular formula is C7H13F3O2S. The summed E-state index contributed by atoms with van der Waals surface area (Å²) >= 11 is -1.92. The first-order valence-electron chi connectivity index (χ1n) is 3.99. The van der Waals surface area contributed by atoms with Crippen LogP contribution in [0.4, 0.5) is 13.2 Å². The van der Waals surface area contributed by atoms with Gasteiger partial charge in [0.15, 0.2) is 11.1 Å². The molecule has 0 aliphatic carbocycles. The molecule has 2 unspecified atom stereocenters. The molecule has 1 N–H and O–H groups in total. The van der Waals surface area contributed by atoms with Crippen LogP contribution in [0.15, 0.2) is 0 Å². The molecule has 0 aromatic carbocycles. The third-order valence-electron chi connectivity index (χ3n) is 1.67.